The number of aryl methyl sites for hydroxylation is 1. The van der Waals surface area contributed by atoms with Crippen LogP contribution in [0.4, 0.5) is 5.82 Å². The Balaban J connectivity index is 1.62. The van der Waals surface area contributed by atoms with Crippen LogP contribution in [0.3, 0.4) is 0 Å². The van der Waals surface area contributed by atoms with Gasteiger partial charge < -0.3 is 15.0 Å². The van der Waals surface area contributed by atoms with Crippen molar-refractivity contribution in [3.63, 3.8) is 0 Å². The molecule has 2 N–H and O–H groups in total. The number of aromatic nitrogens is 4. The van der Waals surface area contributed by atoms with Crippen LogP contribution in [0.2, 0.25) is 0 Å². The topological polar surface area (TPSA) is 79.0 Å². The van der Waals surface area contributed by atoms with Crippen LogP contribution >= 0.6 is 0 Å². The predicted octanol–water partition coefficient (Wildman–Crippen LogP) is 2.16. The SMILES string of the molecule is CCCCc1ncc(CN2CCO[C@@H](c3nccnc3NC)C2)[nH]1. The number of unbranched alkanes of at least 4 members (excludes halogenated alkanes) is 1. The summed E-state index contributed by atoms with van der Waals surface area (Å²) in [7, 11) is 1.86. The molecule has 24 heavy (non-hydrogen) atoms. The molecule has 0 unspecified atom stereocenters. The number of imidazole rings is 1. The minimum Gasteiger partial charge on any atom is -0.372 e. The van der Waals surface area contributed by atoms with Gasteiger partial charge in [-0.25, -0.2) is 9.97 Å². The summed E-state index contributed by atoms with van der Waals surface area (Å²) in [5.41, 5.74) is 2.03. The summed E-state index contributed by atoms with van der Waals surface area (Å²) in [4.78, 5) is 19.1. The molecule has 7 nitrogen and oxygen atoms in total. The fourth-order valence-electron chi connectivity index (χ4n) is 2.99. The largest absolute Gasteiger partial charge is 0.372 e. The lowest BCUT2D eigenvalue weighted by Gasteiger charge is -2.32. The van der Waals surface area contributed by atoms with Crippen molar-refractivity contribution < 1.29 is 4.74 Å². The molecule has 3 rings (SSSR count). The van der Waals surface area contributed by atoms with Crippen LogP contribution in [0.25, 0.3) is 0 Å². The molecule has 1 atom stereocenters. The van der Waals surface area contributed by atoms with Crippen LogP contribution in [-0.4, -0.2) is 51.6 Å². The zero-order valence-electron chi connectivity index (χ0n) is 14.5. The second kappa shape index (κ2) is 8.21. The minimum absolute atomic E-state index is 0.0580. The van der Waals surface area contributed by atoms with Gasteiger partial charge in [0.05, 0.1) is 6.61 Å². The molecule has 3 heterocycles. The lowest BCUT2D eigenvalue weighted by molar-refractivity contribution is -0.0350. The first-order chi connectivity index (χ1) is 11.8. The van der Waals surface area contributed by atoms with Gasteiger partial charge in [0.25, 0.3) is 0 Å². The molecule has 1 aliphatic heterocycles. The third-order valence-electron chi connectivity index (χ3n) is 4.26. The highest BCUT2D eigenvalue weighted by atomic mass is 16.5. The van der Waals surface area contributed by atoms with Gasteiger partial charge in [-0.3, -0.25) is 9.88 Å². The summed E-state index contributed by atoms with van der Waals surface area (Å²) in [6.45, 7) is 5.46. The van der Waals surface area contributed by atoms with Crippen molar-refractivity contribution in [3.8, 4) is 0 Å². The van der Waals surface area contributed by atoms with Crippen LogP contribution in [0, 0.1) is 0 Å². The number of hydrogen-bond donors (Lipinski definition) is 2. The second-order valence-electron chi connectivity index (χ2n) is 6.09. The molecular weight excluding hydrogens is 304 g/mol. The highest BCUT2D eigenvalue weighted by molar-refractivity contribution is 5.40. The number of anilines is 1. The third-order valence-corrected chi connectivity index (χ3v) is 4.26. The number of nitrogens with one attached hydrogen (secondary N) is 2. The summed E-state index contributed by atoms with van der Waals surface area (Å²) in [6.07, 6.45) is 8.69. The van der Waals surface area contributed by atoms with Gasteiger partial charge in [0.15, 0.2) is 0 Å². The predicted molar refractivity (Wildman–Crippen MR) is 92.7 cm³/mol. The van der Waals surface area contributed by atoms with Gasteiger partial charge in [-0.1, -0.05) is 13.3 Å². The van der Waals surface area contributed by atoms with E-state index in [0.717, 1.165) is 49.1 Å². The first-order valence-corrected chi connectivity index (χ1v) is 8.65. The lowest BCUT2D eigenvalue weighted by atomic mass is 10.2. The molecule has 1 saturated heterocycles. The Bertz CT molecular complexity index is 644. The van der Waals surface area contributed by atoms with Crippen LogP contribution in [0.1, 0.15) is 43.1 Å². The molecule has 0 amide bonds. The average Bonchev–Trinajstić information content (AvgIpc) is 3.07. The van der Waals surface area contributed by atoms with E-state index in [2.05, 4.69) is 37.1 Å². The summed E-state index contributed by atoms with van der Waals surface area (Å²) >= 11 is 0. The molecule has 0 aliphatic carbocycles. The smallest absolute Gasteiger partial charge is 0.150 e. The lowest BCUT2D eigenvalue weighted by Crippen LogP contribution is -2.38. The summed E-state index contributed by atoms with van der Waals surface area (Å²) in [5.74, 6) is 1.87. The van der Waals surface area contributed by atoms with Crippen molar-refractivity contribution in [3.05, 3.63) is 35.8 Å². The Labute approximate surface area is 142 Å². The van der Waals surface area contributed by atoms with E-state index in [0.29, 0.717) is 6.61 Å². The molecule has 0 spiro atoms. The van der Waals surface area contributed by atoms with Crippen molar-refractivity contribution >= 4 is 5.82 Å². The number of nitrogens with zero attached hydrogens (tertiary/aromatic N) is 4. The van der Waals surface area contributed by atoms with Crippen molar-refractivity contribution in [1.29, 1.82) is 0 Å². The highest BCUT2D eigenvalue weighted by Gasteiger charge is 2.25. The molecule has 0 saturated carbocycles. The first kappa shape index (κ1) is 16.9. The van der Waals surface area contributed by atoms with E-state index >= 15 is 0 Å². The summed E-state index contributed by atoms with van der Waals surface area (Å²) < 4.78 is 5.92. The molecule has 7 heteroatoms. The molecule has 0 radical (unpaired) electrons. The zero-order valence-corrected chi connectivity index (χ0v) is 14.5. The van der Waals surface area contributed by atoms with Crippen molar-refractivity contribution in [2.45, 2.75) is 38.8 Å². The maximum absolute atomic E-state index is 5.92. The molecular formula is C17H26N6O. The highest BCUT2D eigenvalue weighted by Crippen LogP contribution is 2.25. The average molecular weight is 330 g/mol. The van der Waals surface area contributed by atoms with Gasteiger partial charge in [0.2, 0.25) is 0 Å². The Morgan fingerprint density at radius 2 is 2.21 bits per heavy atom. The molecule has 0 bridgehead atoms. The van der Waals surface area contributed by atoms with Crippen LogP contribution in [-0.2, 0) is 17.7 Å². The second-order valence-corrected chi connectivity index (χ2v) is 6.09. The van der Waals surface area contributed by atoms with E-state index < -0.39 is 0 Å². The number of aromatic amines is 1. The molecule has 2 aromatic rings. The normalized spacial score (nSPS) is 18.7. The van der Waals surface area contributed by atoms with Crippen LogP contribution in [0.5, 0.6) is 0 Å². The van der Waals surface area contributed by atoms with Crippen molar-refractivity contribution in [2.75, 3.05) is 32.1 Å². The molecule has 0 aromatic carbocycles. The molecule has 1 aliphatic rings. The maximum atomic E-state index is 5.92. The minimum atomic E-state index is -0.0580. The van der Waals surface area contributed by atoms with E-state index in [1.54, 1.807) is 12.4 Å². The van der Waals surface area contributed by atoms with Gasteiger partial charge >= 0.3 is 0 Å². The van der Waals surface area contributed by atoms with E-state index in [1.165, 1.54) is 12.8 Å². The first-order valence-electron chi connectivity index (χ1n) is 8.65. The van der Waals surface area contributed by atoms with E-state index in [1.807, 2.05) is 13.2 Å². The number of ether oxygens (including phenoxy) is 1. The van der Waals surface area contributed by atoms with E-state index in [4.69, 9.17) is 4.74 Å². The van der Waals surface area contributed by atoms with E-state index in [-0.39, 0.29) is 6.10 Å². The maximum Gasteiger partial charge on any atom is 0.150 e. The zero-order chi connectivity index (χ0) is 16.8. The fourth-order valence-corrected chi connectivity index (χ4v) is 2.99. The molecule has 130 valence electrons. The Kier molecular flexibility index (Phi) is 5.77. The summed E-state index contributed by atoms with van der Waals surface area (Å²) in [6, 6.07) is 0. The van der Waals surface area contributed by atoms with Gasteiger partial charge in [-0.05, 0) is 6.42 Å². The van der Waals surface area contributed by atoms with Gasteiger partial charge in [-0.15, -0.1) is 0 Å². The van der Waals surface area contributed by atoms with Crippen LogP contribution < -0.4 is 5.32 Å². The monoisotopic (exact) mass is 330 g/mol. The van der Waals surface area contributed by atoms with Crippen molar-refractivity contribution in [1.82, 2.24) is 24.8 Å². The standard InChI is InChI=1S/C17H26N6O/c1-3-4-5-15-21-10-13(22-15)11-23-8-9-24-14(12-23)16-17(18-2)20-7-6-19-16/h6-7,10,14H,3-5,8-9,11-12H2,1-2H3,(H,18,20)(H,21,22)/t14-/m1/s1. The Morgan fingerprint density at radius 1 is 1.33 bits per heavy atom. The third kappa shape index (κ3) is 4.10. The quantitative estimate of drug-likeness (QED) is 0.810. The number of hydrogen-bond acceptors (Lipinski definition) is 6. The summed E-state index contributed by atoms with van der Waals surface area (Å²) in [5, 5.41) is 3.09. The molecule has 1 fully saturated rings. The van der Waals surface area contributed by atoms with Gasteiger partial charge in [0.1, 0.15) is 23.4 Å². The fraction of sp³-hybridized carbons (Fsp3) is 0.588. The Hall–Kier alpha value is -1.99. The van der Waals surface area contributed by atoms with Gasteiger partial charge in [-0.2, -0.15) is 0 Å². The Morgan fingerprint density at radius 3 is 3.04 bits per heavy atom. The van der Waals surface area contributed by atoms with Crippen molar-refractivity contribution in [2.24, 2.45) is 0 Å². The number of rotatable bonds is 7. The number of H-pyrrole nitrogens is 1. The molecule has 2 aromatic heterocycles. The van der Waals surface area contributed by atoms with Crippen LogP contribution in [0.15, 0.2) is 18.6 Å². The number of morpholine rings is 1. The van der Waals surface area contributed by atoms with E-state index in [9.17, 15) is 0 Å². The van der Waals surface area contributed by atoms with Gasteiger partial charge in [0, 0.05) is 57.4 Å².